The molecule has 0 bridgehead atoms. The topological polar surface area (TPSA) is 99.1 Å². The number of esters is 2. The highest BCUT2D eigenvalue weighted by atomic mass is 16.6. The number of carboxylic acids is 1. The first-order chi connectivity index (χ1) is 33.1. The number of carboxylic acid groups (broad SMARTS) is 1. The van der Waals surface area contributed by atoms with Crippen molar-refractivity contribution in [2.24, 2.45) is 0 Å². The van der Waals surface area contributed by atoms with Gasteiger partial charge in [-0.25, -0.2) is 4.79 Å². The minimum Gasteiger partial charge on any atom is -0.477 e. The van der Waals surface area contributed by atoms with Crippen LogP contribution in [0.15, 0.2) is 134 Å². The van der Waals surface area contributed by atoms with Gasteiger partial charge in [0.25, 0.3) is 0 Å². The molecule has 0 heterocycles. The van der Waals surface area contributed by atoms with E-state index in [2.05, 4.69) is 148 Å². The predicted octanol–water partition coefficient (Wildman–Crippen LogP) is 15.5. The predicted molar refractivity (Wildman–Crippen MR) is 288 cm³/mol. The first-order valence-corrected chi connectivity index (χ1v) is 26.2. The van der Waals surface area contributed by atoms with Crippen molar-refractivity contribution in [1.29, 1.82) is 0 Å². The molecule has 0 aromatic heterocycles. The molecular weight excluding hydrogens is 847 g/mol. The summed E-state index contributed by atoms with van der Waals surface area (Å²) in [6, 6.07) is -0.638. The number of likely N-dealkylation sites (N-methyl/N-ethyl adjacent to an activating group) is 1. The van der Waals surface area contributed by atoms with E-state index in [0.717, 1.165) is 109 Å². The Morgan fingerprint density at radius 3 is 1.26 bits per heavy atom. The molecule has 0 saturated carbocycles. The molecule has 2 unspecified atom stereocenters. The van der Waals surface area contributed by atoms with Gasteiger partial charge >= 0.3 is 17.9 Å². The van der Waals surface area contributed by atoms with Gasteiger partial charge in [-0.1, -0.05) is 180 Å². The van der Waals surface area contributed by atoms with Crippen LogP contribution >= 0.6 is 0 Å². The molecule has 0 spiro atoms. The number of quaternary nitrogens is 1. The fraction of sp³-hybridized carbons (Fsp3) is 0.583. The highest BCUT2D eigenvalue weighted by molar-refractivity contribution is 5.72. The Bertz CT molecular complexity index is 1570. The summed E-state index contributed by atoms with van der Waals surface area (Å²) in [5.41, 5.74) is 0. The van der Waals surface area contributed by atoms with Crippen LogP contribution in [0.5, 0.6) is 0 Å². The monoisotopic (exact) mass is 943 g/mol. The summed E-state index contributed by atoms with van der Waals surface area (Å²) in [7, 11) is 5.49. The van der Waals surface area contributed by atoms with Gasteiger partial charge < -0.3 is 23.8 Å². The van der Waals surface area contributed by atoms with Crippen LogP contribution in [0.3, 0.4) is 0 Å². The summed E-state index contributed by atoms with van der Waals surface area (Å²) in [5, 5.41) is 9.66. The molecular formula is C60H96NO7+. The van der Waals surface area contributed by atoms with Crippen LogP contribution in [0, 0.1) is 0 Å². The normalized spacial score (nSPS) is 14.0. The van der Waals surface area contributed by atoms with Crippen molar-refractivity contribution in [3.05, 3.63) is 134 Å². The number of hydrogen-bond donors (Lipinski definition) is 1. The van der Waals surface area contributed by atoms with Gasteiger partial charge in [-0.15, -0.1) is 0 Å². The van der Waals surface area contributed by atoms with Gasteiger partial charge in [0.2, 0.25) is 0 Å². The number of allylic oxidation sites excluding steroid dienone is 22. The number of nitrogens with zero attached hydrogens (tertiary/aromatic N) is 1. The van der Waals surface area contributed by atoms with E-state index in [-0.39, 0.29) is 42.7 Å². The van der Waals surface area contributed by atoms with Gasteiger partial charge in [-0.05, 0) is 109 Å². The highest BCUT2D eigenvalue weighted by Crippen LogP contribution is 2.12. The number of hydrogen-bond acceptors (Lipinski definition) is 6. The van der Waals surface area contributed by atoms with E-state index in [1.165, 1.54) is 25.7 Å². The van der Waals surface area contributed by atoms with Crippen molar-refractivity contribution >= 4 is 17.9 Å². The third-order valence-electron chi connectivity index (χ3n) is 10.8. The van der Waals surface area contributed by atoms with Crippen molar-refractivity contribution in [2.75, 3.05) is 41.0 Å². The summed E-state index contributed by atoms with van der Waals surface area (Å²) < 4.78 is 17.3. The molecule has 382 valence electrons. The molecule has 2 atom stereocenters. The van der Waals surface area contributed by atoms with Gasteiger partial charge in [-0.3, -0.25) is 9.59 Å². The molecule has 0 aliphatic rings. The van der Waals surface area contributed by atoms with E-state index < -0.39 is 18.1 Å². The maximum atomic E-state index is 12.8. The Morgan fingerprint density at radius 2 is 0.838 bits per heavy atom. The summed E-state index contributed by atoms with van der Waals surface area (Å²) in [6.45, 7) is 4.49. The minimum absolute atomic E-state index is 0.0216. The van der Waals surface area contributed by atoms with Crippen molar-refractivity contribution in [3.8, 4) is 0 Å². The molecule has 0 aromatic rings. The molecule has 0 saturated heterocycles. The lowest BCUT2D eigenvalue weighted by molar-refractivity contribution is -0.887. The third kappa shape index (κ3) is 46.6. The van der Waals surface area contributed by atoms with E-state index in [9.17, 15) is 19.5 Å². The standard InChI is InChI=1S/C60H95NO7/c1-6-8-10-12-14-16-18-20-22-24-26-28-29-31-33-35-37-39-41-43-45-47-49-51-59(63)68-56(54-66-53-52-57(60(64)65)61(3,4)5)55-67-58(62)50-48-46-44-42-40-38-36-34-32-30-27-25-23-21-19-17-15-13-11-9-7-2/h8,10,14-17,20-23,26-28,30-31,33-34,36-37,39,43,45,56-57H,6-7,9,11-13,18-19,24-25,29,32,35,38,40-42,44,46-55H2,1-5H3/p+1/b10-8+,16-14+,17-15+,22-20+,23-21+,28-26+,30-27+,33-31+,36-34+,39-37+,45-43+. The van der Waals surface area contributed by atoms with Crippen LogP contribution in [0.1, 0.15) is 174 Å². The number of carbonyl (C=O) groups is 3. The second-order valence-corrected chi connectivity index (χ2v) is 18.0. The lowest BCUT2D eigenvalue weighted by Gasteiger charge is -2.31. The van der Waals surface area contributed by atoms with Crippen LogP contribution in [0.25, 0.3) is 0 Å². The quantitative estimate of drug-likeness (QED) is 0.0281. The molecule has 0 fully saturated rings. The number of carbonyl (C=O) groups excluding carboxylic acids is 2. The van der Waals surface area contributed by atoms with Crippen LogP contribution < -0.4 is 0 Å². The lowest BCUT2D eigenvalue weighted by Crippen LogP contribution is -2.50. The third-order valence-corrected chi connectivity index (χ3v) is 10.8. The zero-order valence-corrected chi connectivity index (χ0v) is 43.5. The molecule has 8 nitrogen and oxygen atoms in total. The first-order valence-electron chi connectivity index (χ1n) is 26.2. The van der Waals surface area contributed by atoms with Crippen LogP contribution in [0.4, 0.5) is 0 Å². The molecule has 8 heteroatoms. The lowest BCUT2D eigenvalue weighted by atomic mass is 10.1. The maximum absolute atomic E-state index is 12.8. The first kappa shape index (κ1) is 63.5. The van der Waals surface area contributed by atoms with E-state index >= 15 is 0 Å². The number of ether oxygens (including phenoxy) is 3. The van der Waals surface area contributed by atoms with Crippen molar-refractivity contribution in [2.45, 2.75) is 187 Å². The fourth-order valence-electron chi connectivity index (χ4n) is 6.77. The average molecular weight is 943 g/mol. The van der Waals surface area contributed by atoms with E-state index in [0.29, 0.717) is 19.3 Å². The van der Waals surface area contributed by atoms with Gasteiger partial charge in [0, 0.05) is 19.3 Å². The van der Waals surface area contributed by atoms with Crippen molar-refractivity contribution in [3.63, 3.8) is 0 Å². The van der Waals surface area contributed by atoms with Gasteiger partial charge in [-0.2, -0.15) is 0 Å². The van der Waals surface area contributed by atoms with Gasteiger partial charge in [0.15, 0.2) is 12.1 Å². The Hall–Kier alpha value is -4.53. The van der Waals surface area contributed by atoms with Crippen molar-refractivity contribution in [1.82, 2.24) is 0 Å². The second-order valence-electron chi connectivity index (χ2n) is 18.0. The number of unbranched alkanes of at least 4 members (excludes halogenated alkanes) is 9. The number of rotatable bonds is 45. The zero-order chi connectivity index (χ0) is 49.9. The summed E-state index contributed by atoms with van der Waals surface area (Å²) >= 11 is 0. The summed E-state index contributed by atoms with van der Waals surface area (Å²) in [6.07, 6.45) is 70.8. The number of aliphatic carboxylic acids is 1. The Balaban J connectivity index is 4.43. The SMILES string of the molecule is CC/C=C/C/C=C/C/C=C/C/C=C/C/C=C/C/C=C/C/C=C/CCCC(=O)OC(COCCC(C(=O)O)[N+](C)(C)C)COC(=O)CCCCCCC/C=C/C/C=C/C/C=C/C/C=C/CCCCC. The molecule has 0 aromatic carbocycles. The zero-order valence-electron chi connectivity index (χ0n) is 43.5. The summed E-state index contributed by atoms with van der Waals surface area (Å²) in [4.78, 5) is 37.2. The van der Waals surface area contributed by atoms with Gasteiger partial charge in [0.05, 0.1) is 34.4 Å². The van der Waals surface area contributed by atoms with Crippen LogP contribution in [0.2, 0.25) is 0 Å². The van der Waals surface area contributed by atoms with Crippen LogP contribution in [-0.4, -0.2) is 80.6 Å². The molecule has 68 heavy (non-hydrogen) atoms. The summed E-state index contributed by atoms with van der Waals surface area (Å²) in [5.74, 6) is -1.59. The Kier molecular flexibility index (Phi) is 45.7. The van der Waals surface area contributed by atoms with Crippen LogP contribution in [-0.2, 0) is 28.6 Å². The molecule has 0 aliphatic carbocycles. The molecule has 0 radical (unpaired) electrons. The van der Waals surface area contributed by atoms with Gasteiger partial charge in [0.1, 0.15) is 6.61 Å². The second kappa shape index (κ2) is 48.9. The largest absolute Gasteiger partial charge is 0.477 e. The molecule has 0 rings (SSSR count). The van der Waals surface area contributed by atoms with E-state index in [1.807, 2.05) is 21.1 Å². The Labute approximate surface area is 415 Å². The minimum atomic E-state index is -0.893. The van der Waals surface area contributed by atoms with E-state index in [4.69, 9.17) is 14.2 Å². The molecule has 1 N–H and O–H groups in total. The fourth-order valence-corrected chi connectivity index (χ4v) is 6.77. The smallest absolute Gasteiger partial charge is 0.362 e. The maximum Gasteiger partial charge on any atom is 0.362 e. The Morgan fingerprint density at radius 1 is 0.456 bits per heavy atom. The highest BCUT2D eigenvalue weighted by Gasteiger charge is 2.31. The molecule has 0 amide bonds. The average Bonchev–Trinajstić information content (AvgIpc) is 3.30. The molecule has 0 aliphatic heterocycles. The van der Waals surface area contributed by atoms with Crippen molar-refractivity contribution < 1.29 is 38.2 Å². The van der Waals surface area contributed by atoms with E-state index in [1.54, 1.807) is 0 Å².